The second kappa shape index (κ2) is 7.13. The predicted octanol–water partition coefficient (Wildman–Crippen LogP) is 2.01. The minimum atomic E-state index is -3.23. The smallest absolute Gasteiger partial charge is 0.265 e. The number of nitrogens with one attached hydrogen (secondary N) is 1. The van der Waals surface area contributed by atoms with Crippen LogP contribution in [0.15, 0.2) is 16.3 Å². The zero-order valence-corrected chi connectivity index (χ0v) is 14.6. The van der Waals surface area contributed by atoms with Crippen molar-refractivity contribution in [3.05, 3.63) is 16.3 Å². The number of likely N-dealkylation sites (tertiary alicyclic amines) is 1. The van der Waals surface area contributed by atoms with E-state index in [0.29, 0.717) is 13.1 Å². The summed E-state index contributed by atoms with van der Waals surface area (Å²) in [6, 6.07) is 1.90. The van der Waals surface area contributed by atoms with Crippen LogP contribution in [0.4, 0.5) is 0 Å². The Bertz CT molecular complexity index is 598. The number of nitrogens with zero attached hydrogens (tertiary/aromatic N) is 1. The number of carbonyl (C=O) groups is 1. The van der Waals surface area contributed by atoms with E-state index in [4.69, 9.17) is 0 Å². The van der Waals surface area contributed by atoms with Crippen LogP contribution in [-0.4, -0.2) is 50.9 Å². The number of thiophene rings is 1. The molecule has 1 aromatic heterocycles. The zero-order chi connectivity index (χ0) is 15.5. The summed E-state index contributed by atoms with van der Waals surface area (Å²) in [5.41, 5.74) is 0. The van der Waals surface area contributed by atoms with Crippen molar-refractivity contribution in [3.63, 3.8) is 0 Å². The molecule has 1 amide bonds. The third kappa shape index (κ3) is 4.45. The first kappa shape index (κ1) is 16.8. The second-order valence-corrected chi connectivity index (χ2v) is 8.68. The number of hydrogen-bond donors (Lipinski definition) is 1. The van der Waals surface area contributed by atoms with Crippen LogP contribution >= 0.6 is 23.1 Å². The summed E-state index contributed by atoms with van der Waals surface area (Å²) in [6.45, 7) is 0.991. The molecular weight excluding hydrogens is 328 g/mol. The van der Waals surface area contributed by atoms with Gasteiger partial charge in [-0.05, 0) is 37.0 Å². The van der Waals surface area contributed by atoms with Gasteiger partial charge in [0, 0.05) is 24.0 Å². The molecular formula is C13H20N2O3S3. The Morgan fingerprint density at radius 1 is 1.52 bits per heavy atom. The molecule has 0 unspecified atom stereocenters. The van der Waals surface area contributed by atoms with E-state index in [2.05, 4.69) is 4.72 Å². The van der Waals surface area contributed by atoms with Crippen LogP contribution in [0.1, 0.15) is 28.9 Å². The van der Waals surface area contributed by atoms with Crippen LogP contribution in [-0.2, 0) is 10.0 Å². The first-order valence-corrected chi connectivity index (χ1v) is 10.8. The normalized spacial score (nSPS) is 19.7. The van der Waals surface area contributed by atoms with Crippen molar-refractivity contribution in [3.8, 4) is 0 Å². The topological polar surface area (TPSA) is 66.5 Å². The van der Waals surface area contributed by atoms with Crippen LogP contribution in [0, 0.1) is 0 Å². The lowest BCUT2D eigenvalue weighted by Crippen LogP contribution is -2.49. The summed E-state index contributed by atoms with van der Waals surface area (Å²) in [4.78, 5) is 16.3. The fourth-order valence-corrected chi connectivity index (χ4v) is 4.67. The molecule has 21 heavy (non-hydrogen) atoms. The Morgan fingerprint density at radius 2 is 2.29 bits per heavy atom. The molecule has 1 aromatic rings. The Balaban J connectivity index is 2.12. The molecule has 5 nitrogen and oxygen atoms in total. The maximum absolute atomic E-state index is 12.7. The van der Waals surface area contributed by atoms with Gasteiger partial charge in [-0.2, -0.15) is 0 Å². The molecule has 0 bridgehead atoms. The molecule has 2 heterocycles. The highest BCUT2D eigenvalue weighted by molar-refractivity contribution is 7.98. The first-order chi connectivity index (χ1) is 9.92. The summed E-state index contributed by atoms with van der Waals surface area (Å²) in [5, 5.41) is 1.92. The van der Waals surface area contributed by atoms with E-state index in [9.17, 15) is 13.2 Å². The molecule has 0 radical (unpaired) electrons. The van der Waals surface area contributed by atoms with Crippen molar-refractivity contribution < 1.29 is 13.2 Å². The monoisotopic (exact) mass is 348 g/mol. The largest absolute Gasteiger partial charge is 0.334 e. The van der Waals surface area contributed by atoms with Crippen molar-refractivity contribution in [1.82, 2.24) is 9.62 Å². The highest BCUT2D eigenvalue weighted by Crippen LogP contribution is 2.29. The first-order valence-electron chi connectivity index (χ1n) is 6.79. The molecule has 2 rings (SSSR count). The van der Waals surface area contributed by atoms with Crippen molar-refractivity contribution >= 4 is 39.0 Å². The van der Waals surface area contributed by atoms with Crippen molar-refractivity contribution in [1.29, 1.82) is 0 Å². The molecule has 0 aliphatic carbocycles. The molecule has 0 spiro atoms. The van der Waals surface area contributed by atoms with Gasteiger partial charge in [-0.3, -0.25) is 4.79 Å². The maximum atomic E-state index is 12.7. The lowest BCUT2D eigenvalue weighted by molar-refractivity contribution is 0.0620. The molecule has 118 valence electrons. The van der Waals surface area contributed by atoms with Crippen LogP contribution in [0.3, 0.4) is 0 Å². The molecule has 1 fully saturated rings. The van der Waals surface area contributed by atoms with Crippen molar-refractivity contribution in [2.75, 3.05) is 25.6 Å². The van der Waals surface area contributed by atoms with E-state index in [1.807, 2.05) is 22.6 Å². The van der Waals surface area contributed by atoms with Gasteiger partial charge in [-0.15, -0.1) is 23.1 Å². The van der Waals surface area contributed by atoms with Gasteiger partial charge in [0.05, 0.1) is 6.26 Å². The Morgan fingerprint density at radius 3 is 2.95 bits per heavy atom. The standard InChI is InChI=1S/C13H20N2O3S3/c1-19-11-6-8-20-12(11)13(16)15-7-4-3-5-10(15)9-14-21(2,17)18/h6,8,10,14H,3-5,7,9H2,1-2H3/t10-/m0/s1. The summed E-state index contributed by atoms with van der Waals surface area (Å²) in [5.74, 6) is 0.0225. The number of hydrogen-bond acceptors (Lipinski definition) is 5. The maximum Gasteiger partial charge on any atom is 0.265 e. The quantitative estimate of drug-likeness (QED) is 0.827. The van der Waals surface area contributed by atoms with Gasteiger partial charge in [0.25, 0.3) is 5.91 Å². The van der Waals surface area contributed by atoms with Gasteiger partial charge in [0.15, 0.2) is 0 Å². The number of sulfonamides is 1. The summed E-state index contributed by atoms with van der Waals surface area (Å²) >= 11 is 3.02. The molecule has 0 aromatic carbocycles. The lowest BCUT2D eigenvalue weighted by atomic mass is 10.0. The third-order valence-electron chi connectivity index (χ3n) is 3.51. The third-order valence-corrected chi connectivity index (χ3v) is 6.02. The van der Waals surface area contributed by atoms with Crippen LogP contribution in [0.2, 0.25) is 0 Å². The Kier molecular flexibility index (Phi) is 5.70. The molecule has 1 aliphatic rings. The lowest BCUT2D eigenvalue weighted by Gasteiger charge is -2.35. The van der Waals surface area contributed by atoms with Gasteiger partial charge in [0.2, 0.25) is 10.0 Å². The molecule has 1 aliphatic heterocycles. The minimum Gasteiger partial charge on any atom is -0.334 e. The van der Waals surface area contributed by atoms with Gasteiger partial charge >= 0.3 is 0 Å². The average molecular weight is 349 g/mol. The SMILES string of the molecule is CSc1ccsc1C(=O)N1CCCC[C@H]1CNS(C)(=O)=O. The number of piperidine rings is 1. The van der Waals surface area contributed by atoms with E-state index in [1.165, 1.54) is 11.3 Å². The Labute approximate surface area is 134 Å². The number of rotatable bonds is 5. The molecule has 0 saturated carbocycles. The fraction of sp³-hybridized carbons (Fsp3) is 0.615. The van der Waals surface area contributed by atoms with Gasteiger partial charge in [-0.25, -0.2) is 13.1 Å². The molecule has 1 saturated heterocycles. The van der Waals surface area contributed by atoms with E-state index < -0.39 is 10.0 Å². The van der Waals surface area contributed by atoms with E-state index in [0.717, 1.165) is 35.3 Å². The minimum absolute atomic E-state index is 0.0225. The number of carbonyl (C=O) groups excluding carboxylic acids is 1. The second-order valence-electron chi connectivity index (χ2n) is 5.09. The summed E-state index contributed by atoms with van der Waals surface area (Å²) < 4.78 is 25.1. The van der Waals surface area contributed by atoms with Gasteiger partial charge < -0.3 is 4.90 Å². The predicted molar refractivity (Wildman–Crippen MR) is 87.6 cm³/mol. The van der Waals surface area contributed by atoms with E-state index in [-0.39, 0.29) is 11.9 Å². The summed E-state index contributed by atoms with van der Waals surface area (Å²) in [7, 11) is -3.23. The highest BCUT2D eigenvalue weighted by atomic mass is 32.2. The van der Waals surface area contributed by atoms with Crippen LogP contribution < -0.4 is 4.72 Å². The van der Waals surface area contributed by atoms with Gasteiger partial charge in [0.1, 0.15) is 4.88 Å². The molecule has 1 N–H and O–H groups in total. The van der Waals surface area contributed by atoms with E-state index in [1.54, 1.807) is 11.8 Å². The fourth-order valence-electron chi connectivity index (χ4n) is 2.47. The molecule has 1 atom stereocenters. The number of amides is 1. The van der Waals surface area contributed by atoms with Gasteiger partial charge in [-0.1, -0.05) is 0 Å². The van der Waals surface area contributed by atoms with Crippen LogP contribution in [0.5, 0.6) is 0 Å². The zero-order valence-electron chi connectivity index (χ0n) is 12.2. The Hall–Kier alpha value is -0.570. The van der Waals surface area contributed by atoms with Crippen LogP contribution in [0.25, 0.3) is 0 Å². The highest BCUT2D eigenvalue weighted by Gasteiger charge is 2.29. The summed E-state index contributed by atoms with van der Waals surface area (Å²) in [6.07, 6.45) is 5.94. The van der Waals surface area contributed by atoms with Crippen molar-refractivity contribution in [2.24, 2.45) is 0 Å². The number of thioether (sulfide) groups is 1. The van der Waals surface area contributed by atoms with E-state index >= 15 is 0 Å². The van der Waals surface area contributed by atoms with Crippen molar-refractivity contribution in [2.45, 2.75) is 30.2 Å². The average Bonchev–Trinajstić information content (AvgIpc) is 2.92. The molecule has 8 heteroatoms.